The van der Waals surface area contributed by atoms with E-state index in [0.717, 1.165) is 68.3 Å². The Morgan fingerprint density at radius 3 is 2.60 bits per heavy atom. The summed E-state index contributed by atoms with van der Waals surface area (Å²) < 4.78 is 12.2. The van der Waals surface area contributed by atoms with E-state index in [9.17, 15) is 4.79 Å². The number of allylic oxidation sites excluding steroid dienone is 1. The maximum atomic E-state index is 12.9. The molecule has 2 aliphatic rings. The molecular formula is C31H44NO3+. The molecule has 0 aliphatic heterocycles. The van der Waals surface area contributed by atoms with Crippen molar-refractivity contribution in [3.63, 3.8) is 0 Å². The topological polar surface area (TPSA) is 39.4 Å². The Hall–Kier alpha value is -2.33. The van der Waals surface area contributed by atoms with Crippen molar-refractivity contribution in [3.05, 3.63) is 71.7 Å². The van der Waals surface area contributed by atoms with Crippen molar-refractivity contribution in [2.75, 3.05) is 21.2 Å². The molecule has 4 heteroatoms. The van der Waals surface area contributed by atoms with E-state index in [2.05, 4.69) is 70.9 Å². The van der Waals surface area contributed by atoms with Gasteiger partial charge in [0.25, 0.3) is 0 Å². The summed E-state index contributed by atoms with van der Waals surface area (Å²) in [7, 11) is 6.07. The van der Waals surface area contributed by atoms with Gasteiger partial charge in [0.05, 0.1) is 32.9 Å². The number of aryl methyl sites for hydroxylation is 1. The number of nitrogens with zero attached hydrogens (tertiary/aromatic N) is 1. The lowest BCUT2D eigenvalue weighted by molar-refractivity contribution is -0.917. The molecule has 2 aromatic rings. The largest absolute Gasteiger partial charge is 0.469 e. The number of hydrogen-bond donors (Lipinski definition) is 0. The van der Waals surface area contributed by atoms with Crippen LogP contribution in [0.3, 0.4) is 0 Å². The number of benzene rings is 1. The highest BCUT2D eigenvalue weighted by atomic mass is 16.5. The molecule has 0 saturated heterocycles. The number of carbonyl (C=O) groups excluding carboxylic acids is 1. The van der Waals surface area contributed by atoms with Gasteiger partial charge in [0.2, 0.25) is 0 Å². The molecule has 4 rings (SSSR count). The molecule has 2 fully saturated rings. The smallest absolute Gasteiger partial charge is 0.311 e. The number of hydrogen-bond acceptors (Lipinski definition) is 3. The molecular weight excluding hydrogens is 434 g/mol. The number of rotatable bonds is 8. The van der Waals surface area contributed by atoms with Crippen LogP contribution in [0.5, 0.6) is 0 Å². The summed E-state index contributed by atoms with van der Waals surface area (Å²) in [5.74, 6) is 1.82. The second-order valence-corrected chi connectivity index (χ2v) is 12.2. The average Bonchev–Trinajstić information content (AvgIpc) is 3.24. The van der Waals surface area contributed by atoms with Crippen LogP contribution in [0, 0.1) is 22.7 Å². The Labute approximate surface area is 211 Å². The first kappa shape index (κ1) is 25.8. The number of quaternary nitrogens is 1. The first-order valence-electron chi connectivity index (χ1n) is 13.3. The lowest BCUT2D eigenvalue weighted by Crippen LogP contribution is -2.53. The lowest BCUT2D eigenvalue weighted by atomic mass is 9.46. The highest BCUT2D eigenvalue weighted by molar-refractivity contribution is 5.77. The minimum absolute atomic E-state index is 0.0322. The van der Waals surface area contributed by atoms with E-state index in [1.165, 1.54) is 23.8 Å². The van der Waals surface area contributed by atoms with Crippen molar-refractivity contribution in [2.45, 2.75) is 71.9 Å². The van der Waals surface area contributed by atoms with Gasteiger partial charge in [-0.3, -0.25) is 4.79 Å². The zero-order valence-electron chi connectivity index (χ0n) is 22.4. The zero-order chi connectivity index (χ0) is 25.3. The summed E-state index contributed by atoms with van der Waals surface area (Å²) in [5, 5.41) is 0. The van der Waals surface area contributed by atoms with Gasteiger partial charge in [0, 0.05) is 5.56 Å². The van der Waals surface area contributed by atoms with Crippen molar-refractivity contribution in [1.82, 2.24) is 0 Å². The maximum Gasteiger partial charge on any atom is 0.311 e. The zero-order valence-corrected chi connectivity index (χ0v) is 22.4. The first-order valence-corrected chi connectivity index (χ1v) is 13.3. The van der Waals surface area contributed by atoms with E-state index < -0.39 is 0 Å². The molecule has 0 unspecified atom stereocenters. The molecule has 1 aromatic carbocycles. The van der Waals surface area contributed by atoms with Crippen molar-refractivity contribution in [1.29, 1.82) is 0 Å². The Balaban J connectivity index is 1.48. The summed E-state index contributed by atoms with van der Waals surface area (Å²) in [6.45, 7) is 10.9. The molecule has 0 radical (unpaired) electrons. The van der Waals surface area contributed by atoms with Crippen LogP contribution in [0.2, 0.25) is 0 Å². The first-order chi connectivity index (χ1) is 16.6. The van der Waals surface area contributed by atoms with Crippen molar-refractivity contribution in [2.24, 2.45) is 22.7 Å². The van der Waals surface area contributed by atoms with Gasteiger partial charge in [-0.2, -0.15) is 0 Å². The summed E-state index contributed by atoms with van der Waals surface area (Å²) in [6.07, 6.45) is 9.11. The Morgan fingerprint density at radius 1 is 1.14 bits per heavy atom. The van der Waals surface area contributed by atoms with E-state index >= 15 is 0 Å². The standard InChI is InChI=1S/C31H44NO3/c1-23-13-16-28-30(2,18-10-19-31(28,3)29(33)34-6)26(23)15-14-25-17-20-35-27(25)22-32(4,5)21-24-11-8-7-9-12-24/h7-9,11-12,17,20,26,28H,1,10,13-16,18-19,21-22H2,2-6H3/q+1/t26-,28+,30-,31+/m0/s1. The van der Waals surface area contributed by atoms with Crippen LogP contribution in [0.15, 0.2) is 59.2 Å². The molecule has 2 aliphatic carbocycles. The van der Waals surface area contributed by atoms with E-state index in [1.807, 2.05) is 6.26 Å². The molecule has 1 aromatic heterocycles. The molecule has 0 bridgehead atoms. The fourth-order valence-electron chi connectivity index (χ4n) is 7.51. The molecule has 4 atom stereocenters. The van der Waals surface area contributed by atoms with Gasteiger partial charge in [-0.1, -0.05) is 55.8 Å². The lowest BCUT2D eigenvalue weighted by Gasteiger charge is -2.57. The van der Waals surface area contributed by atoms with Crippen LogP contribution in [0.4, 0.5) is 0 Å². The normalized spacial score (nSPS) is 29.0. The van der Waals surface area contributed by atoms with Crippen molar-refractivity contribution >= 4 is 5.97 Å². The monoisotopic (exact) mass is 478 g/mol. The summed E-state index contributed by atoms with van der Waals surface area (Å²) in [4.78, 5) is 12.9. The van der Waals surface area contributed by atoms with E-state index in [4.69, 9.17) is 9.15 Å². The van der Waals surface area contributed by atoms with Crippen LogP contribution >= 0.6 is 0 Å². The molecule has 0 N–H and O–H groups in total. The van der Waals surface area contributed by atoms with Gasteiger partial charge < -0.3 is 13.6 Å². The Bertz CT molecular complexity index is 1040. The molecule has 0 spiro atoms. The number of ether oxygens (including phenoxy) is 1. The van der Waals surface area contributed by atoms with E-state index in [0.29, 0.717) is 11.8 Å². The second kappa shape index (κ2) is 9.97. The van der Waals surface area contributed by atoms with Crippen LogP contribution in [0.1, 0.15) is 69.3 Å². The second-order valence-electron chi connectivity index (χ2n) is 12.2. The maximum absolute atomic E-state index is 12.9. The predicted octanol–water partition coefficient (Wildman–Crippen LogP) is 6.94. The summed E-state index contributed by atoms with van der Waals surface area (Å²) in [5.41, 5.74) is 3.72. The summed E-state index contributed by atoms with van der Waals surface area (Å²) in [6, 6.07) is 12.8. The fourth-order valence-corrected chi connectivity index (χ4v) is 7.51. The van der Waals surface area contributed by atoms with Gasteiger partial charge in [-0.15, -0.1) is 0 Å². The SMILES string of the molecule is C=C1CC[C@@H]2[C@@](C)(CCC[C@@]2(C)C(=O)OC)[C@H]1CCc1ccoc1C[N+](C)(C)Cc1ccccc1. The predicted molar refractivity (Wildman–Crippen MR) is 140 cm³/mol. The van der Waals surface area contributed by atoms with E-state index in [1.54, 1.807) is 0 Å². The summed E-state index contributed by atoms with van der Waals surface area (Å²) >= 11 is 0. The number of methoxy groups -OCH3 is 1. The van der Waals surface area contributed by atoms with Gasteiger partial charge in [0.1, 0.15) is 13.1 Å². The third kappa shape index (κ3) is 5.14. The molecule has 0 amide bonds. The molecule has 35 heavy (non-hydrogen) atoms. The highest BCUT2D eigenvalue weighted by Gasteiger charge is 2.57. The molecule has 190 valence electrons. The van der Waals surface area contributed by atoms with Gasteiger partial charge in [-0.05, 0) is 74.3 Å². The number of fused-ring (bicyclic) bond motifs is 1. The van der Waals surface area contributed by atoms with Crippen LogP contribution < -0.4 is 0 Å². The number of furan rings is 1. The van der Waals surface area contributed by atoms with Crippen LogP contribution in [-0.2, 0) is 29.0 Å². The minimum atomic E-state index is -0.388. The highest BCUT2D eigenvalue weighted by Crippen LogP contribution is 2.62. The van der Waals surface area contributed by atoms with Gasteiger partial charge in [0.15, 0.2) is 5.76 Å². The molecule has 4 nitrogen and oxygen atoms in total. The van der Waals surface area contributed by atoms with E-state index in [-0.39, 0.29) is 16.8 Å². The van der Waals surface area contributed by atoms with Crippen molar-refractivity contribution in [3.8, 4) is 0 Å². The minimum Gasteiger partial charge on any atom is -0.469 e. The van der Waals surface area contributed by atoms with Crippen LogP contribution in [0.25, 0.3) is 0 Å². The number of carbonyl (C=O) groups is 1. The molecule has 2 saturated carbocycles. The Morgan fingerprint density at radius 2 is 1.89 bits per heavy atom. The Kier molecular flexibility index (Phi) is 7.33. The van der Waals surface area contributed by atoms with Gasteiger partial charge >= 0.3 is 5.97 Å². The molecule has 1 heterocycles. The van der Waals surface area contributed by atoms with Gasteiger partial charge in [-0.25, -0.2) is 0 Å². The number of esters is 1. The fraction of sp³-hybridized carbons (Fsp3) is 0.581. The van der Waals surface area contributed by atoms with Crippen LogP contribution in [-0.4, -0.2) is 31.7 Å². The third-order valence-electron chi connectivity index (χ3n) is 9.24. The average molecular weight is 479 g/mol. The quantitative estimate of drug-likeness (QED) is 0.234. The third-order valence-corrected chi connectivity index (χ3v) is 9.24. The van der Waals surface area contributed by atoms with Crippen molar-refractivity contribution < 1.29 is 18.4 Å².